The lowest BCUT2D eigenvalue weighted by atomic mass is 9.96. The SMILES string of the molecule is O=C(NCC1CCN(C(=O)C=Cc2ccco2)CC1)C(=O)Nc1cccc(N2CCCC2=O)c1. The average Bonchev–Trinajstić information content (AvgIpc) is 3.53. The Balaban J connectivity index is 1.20. The van der Waals surface area contributed by atoms with Crippen molar-refractivity contribution >= 4 is 41.1 Å². The highest BCUT2D eigenvalue weighted by Crippen LogP contribution is 2.24. The number of anilines is 2. The van der Waals surface area contributed by atoms with Gasteiger partial charge in [-0.15, -0.1) is 0 Å². The first-order chi connectivity index (χ1) is 16.5. The first-order valence-corrected chi connectivity index (χ1v) is 11.5. The van der Waals surface area contributed by atoms with Crippen molar-refractivity contribution in [2.45, 2.75) is 25.7 Å². The van der Waals surface area contributed by atoms with Crippen LogP contribution in [0.1, 0.15) is 31.4 Å². The molecule has 2 saturated heterocycles. The summed E-state index contributed by atoms with van der Waals surface area (Å²) >= 11 is 0. The quantitative estimate of drug-likeness (QED) is 0.504. The third-order valence-electron chi connectivity index (χ3n) is 6.11. The molecule has 0 spiro atoms. The molecule has 2 aliphatic rings. The Morgan fingerprint density at radius 2 is 1.88 bits per heavy atom. The molecule has 0 unspecified atom stereocenters. The van der Waals surface area contributed by atoms with Gasteiger partial charge in [0.1, 0.15) is 5.76 Å². The maximum Gasteiger partial charge on any atom is 0.313 e. The molecule has 0 atom stereocenters. The Morgan fingerprint density at radius 1 is 1.06 bits per heavy atom. The minimum absolute atomic E-state index is 0.0579. The summed E-state index contributed by atoms with van der Waals surface area (Å²) in [5.74, 6) is -0.651. The molecule has 4 amide bonds. The van der Waals surface area contributed by atoms with Crippen molar-refractivity contribution in [3.8, 4) is 0 Å². The summed E-state index contributed by atoms with van der Waals surface area (Å²) < 4.78 is 5.19. The van der Waals surface area contributed by atoms with Crippen LogP contribution in [0, 0.1) is 5.92 Å². The van der Waals surface area contributed by atoms with E-state index >= 15 is 0 Å². The molecule has 2 aromatic rings. The first kappa shape index (κ1) is 23.3. The number of furan rings is 1. The van der Waals surface area contributed by atoms with E-state index in [4.69, 9.17) is 4.42 Å². The fourth-order valence-electron chi connectivity index (χ4n) is 4.18. The topological polar surface area (TPSA) is 112 Å². The van der Waals surface area contributed by atoms with E-state index in [0.29, 0.717) is 49.7 Å². The number of amides is 4. The lowest BCUT2D eigenvalue weighted by Crippen LogP contribution is -2.43. The molecule has 1 aromatic heterocycles. The third-order valence-corrected chi connectivity index (χ3v) is 6.11. The fourth-order valence-corrected chi connectivity index (χ4v) is 4.18. The van der Waals surface area contributed by atoms with E-state index in [9.17, 15) is 19.2 Å². The van der Waals surface area contributed by atoms with E-state index in [1.807, 2.05) is 6.07 Å². The van der Waals surface area contributed by atoms with Crippen LogP contribution in [0.2, 0.25) is 0 Å². The van der Waals surface area contributed by atoms with Crippen molar-refractivity contribution in [2.24, 2.45) is 5.92 Å². The van der Waals surface area contributed by atoms with Crippen LogP contribution in [0.15, 0.2) is 53.2 Å². The van der Waals surface area contributed by atoms with Crippen LogP contribution in [-0.2, 0) is 19.2 Å². The Hall–Kier alpha value is -3.88. The summed E-state index contributed by atoms with van der Waals surface area (Å²) in [6.07, 6.45) is 7.52. The second kappa shape index (κ2) is 10.8. The summed E-state index contributed by atoms with van der Waals surface area (Å²) in [6.45, 7) is 2.21. The van der Waals surface area contributed by atoms with Gasteiger partial charge < -0.3 is 24.9 Å². The molecular weight excluding hydrogens is 436 g/mol. The van der Waals surface area contributed by atoms with Gasteiger partial charge in [0.15, 0.2) is 0 Å². The predicted molar refractivity (Wildman–Crippen MR) is 127 cm³/mol. The molecule has 2 fully saturated rings. The minimum Gasteiger partial charge on any atom is -0.465 e. The summed E-state index contributed by atoms with van der Waals surface area (Å²) in [5.41, 5.74) is 1.17. The van der Waals surface area contributed by atoms with E-state index < -0.39 is 11.8 Å². The highest BCUT2D eigenvalue weighted by Gasteiger charge is 2.24. The zero-order valence-corrected chi connectivity index (χ0v) is 18.9. The number of piperidine rings is 1. The monoisotopic (exact) mass is 464 g/mol. The van der Waals surface area contributed by atoms with E-state index in [-0.39, 0.29) is 17.7 Å². The largest absolute Gasteiger partial charge is 0.465 e. The lowest BCUT2D eigenvalue weighted by Gasteiger charge is -2.31. The normalized spacial score (nSPS) is 16.8. The van der Waals surface area contributed by atoms with Crippen LogP contribution in [0.4, 0.5) is 11.4 Å². The fraction of sp³-hybridized carbons (Fsp3) is 0.360. The molecule has 178 valence electrons. The zero-order valence-electron chi connectivity index (χ0n) is 18.9. The van der Waals surface area contributed by atoms with Crippen molar-refractivity contribution in [1.82, 2.24) is 10.2 Å². The standard InChI is InChI=1S/C25H28N4O5/c30-22(9-8-21-6-3-15-34-21)28-13-10-18(11-14-28)17-26-24(32)25(33)27-19-4-1-5-20(16-19)29-12-2-7-23(29)31/h1,3-6,8-9,15-16,18H,2,7,10-14,17H2,(H,26,32)(H,27,33). The third kappa shape index (κ3) is 5.92. The number of hydrogen-bond acceptors (Lipinski definition) is 5. The van der Waals surface area contributed by atoms with Crippen molar-refractivity contribution in [3.05, 3.63) is 54.5 Å². The second-order valence-electron chi connectivity index (χ2n) is 8.48. The van der Waals surface area contributed by atoms with Gasteiger partial charge >= 0.3 is 11.8 Å². The van der Waals surface area contributed by atoms with Crippen molar-refractivity contribution in [1.29, 1.82) is 0 Å². The molecule has 34 heavy (non-hydrogen) atoms. The molecule has 3 heterocycles. The maximum absolute atomic E-state index is 12.3. The van der Waals surface area contributed by atoms with Crippen LogP contribution in [0.25, 0.3) is 6.08 Å². The van der Waals surface area contributed by atoms with Gasteiger partial charge in [0.05, 0.1) is 6.26 Å². The molecule has 2 N–H and O–H groups in total. The number of nitrogens with zero attached hydrogens (tertiary/aromatic N) is 2. The van der Waals surface area contributed by atoms with Crippen LogP contribution in [0.3, 0.4) is 0 Å². The molecular formula is C25H28N4O5. The molecule has 1 aromatic carbocycles. The van der Waals surface area contributed by atoms with Crippen LogP contribution >= 0.6 is 0 Å². The number of likely N-dealkylation sites (tertiary alicyclic amines) is 1. The lowest BCUT2D eigenvalue weighted by molar-refractivity contribution is -0.136. The van der Waals surface area contributed by atoms with Gasteiger partial charge in [-0.3, -0.25) is 19.2 Å². The summed E-state index contributed by atoms with van der Waals surface area (Å²) in [5, 5.41) is 5.29. The number of carbonyl (C=O) groups excluding carboxylic acids is 4. The van der Waals surface area contributed by atoms with E-state index in [2.05, 4.69) is 10.6 Å². The Kier molecular flexibility index (Phi) is 7.41. The smallest absolute Gasteiger partial charge is 0.313 e. The molecule has 0 aliphatic carbocycles. The molecule has 2 aliphatic heterocycles. The van der Waals surface area contributed by atoms with Crippen LogP contribution in [0.5, 0.6) is 0 Å². The maximum atomic E-state index is 12.3. The highest BCUT2D eigenvalue weighted by molar-refractivity contribution is 6.39. The highest BCUT2D eigenvalue weighted by atomic mass is 16.3. The van der Waals surface area contributed by atoms with E-state index in [1.165, 1.54) is 6.08 Å². The van der Waals surface area contributed by atoms with Crippen LogP contribution < -0.4 is 15.5 Å². The van der Waals surface area contributed by atoms with Crippen LogP contribution in [-0.4, -0.2) is 54.7 Å². The molecule has 4 rings (SSSR count). The van der Waals surface area contributed by atoms with Gasteiger partial charge in [0.25, 0.3) is 0 Å². The number of carbonyl (C=O) groups is 4. The van der Waals surface area contributed by atoms with E-state index in [1.54, 1.807) is 52.5 Å². The van der Waals surface area contributed by atoms with Gasteiger partial charge in [0.2, 0.25) is 11.8 Å². The molecule has 0 radical (unpaired) electrons. The molecule has 9 nitrogen and oxygen atoms in total. The van der Waals surface area contributed by atoms with E-state index in [0.717, 1.165) is 19.3 Å². The summed E-state index contributed by atoms with van der Waals surface area (Å²) in [7, 11) is 0. The Bertz CT molecular complexity index is 1070. The number of rotatable bonds is 6. The Labute approximate surface area is 197 Å². The van der Waals surface area contributed by atoms with Gasteiger partial charge in [0, 0.05) is 50.1 Å². The Morgan fingerprint density at radius 3 is 2.59 bits per heavy atom. The van der Waals surface area contributed by atoms with Gasteiger partial charge in [-0.05, 0) is 61.6 Å². The van der Waals surface area contributed by atoms with Gasteiger partial charge in [-0.25, -0.2) is 0 Å². The average molecular weight is 465 g/mol. The number of benzene rings is 1. The van der Waals surface area contributed by atoms with Gasteiger partial charge in [-0.1, -0.05) is 6.07 Å². The molecule has 9 heteroatoms. The zero-order chi connectivity index (χ0) is 23.9. The number of hydrogen-bond donors (Lipinski definition) is 2. The molecule has 0 bridgehead atoms. The second-order valence-corrected chi connectivity index (χ2v) is 8.48. The molecule has 0 saturated carbocycles. The van der Waals surface area contributed by atoms with Crippen molar-refractivity contribution in [3.63, 3.8) is 0 Å². The summed E-state index contributed by atoms with van der Waals surface area (Å²) in [4.78, 5) is 52.3. The van der Waals surface area contributed by atoms with Crippen molar-refractivity contribution < 1.29 is 23.6 Å². The predicted octanol–water partition coefficient (Wildman–Crippen LogP) is 2.41. The number of nitrogens with one attached hydrogen (secondary N) is 2. The van der Waals surface area contributed by atoms with Crippen molar-refractivity contribution in [2.75, 3.05) is 36.4 Å². The minimum atomic E-state index is -0.749. The summed E-state index contributed by atoms with van der Waals surface area (Å²) in [6, 6.07) is 10.5. The van der Waals surface area contributed by atoms with Gasteiger partial charge in [-0.2, -0.15) is 0 Å². The first-order valence-electron chi connectivity index (χ1n) is 11.5.